The second-order valence-corrected chi connectivity index (χ2v) is 5.94. The van der Waals surface area contributed by atoms with Crippen molar-refractivity contribution in [3.05, 3.63) is 24.3 Å². The lowest BCUT2D eigenvalue weighted by Crippen LogP contribution is -2.37. The van der Waals surface area contributed by atoms with Gasteiger partial charge in [-0.15, -0.1) is 11.8 Å². The summed E-state index contributed by atoms with van der Waals surface area (Å²) in [4.78, 5) is 12.8. The quantitative estimate of drug-likeness (QED) is 0.703. The fourth-order valence-electron chi connectivity index (χ4n) is 1.44. The first kappa shape index (κ1) is 15.9. The van der Waals surface area contributed by atoms with Crippen LogP contribution in [-0.2, 0) is 0 Å². The first-order valence-electron chi connectivity index (χ1n) is 6.48. The summed E-state index contributed by atoms with van der Waals surface area (Å²) in [5, 5.41) is 15.0. The van der Waals surface area contributed by atoms with E-state index in [1.165, 1.54) is 0 Å². The number of amides is 2. The topological polar surface area (TPSA) is 61.4 Å². The van der Waals surface area contributed by atoms with Crippen molar-refractivity contribution in [2.45, 2.75) is 31.8 Å². The van der Waals surface area contributed by atoms with Crippen molar-refractivity contribution in [3.63, 3.8) is 0 Å². The van der Waals surface area contributed by atoms with E-state index in [0.29, 0.717) is 0 Å². The molecule has 0 unspecified atom stereocenters. The van der Waals surface area contributed by atoms with Gasteiger partial charge in [0.05, 0.1) is 6.10 Å². The molecule has 0 radical (unpaired) electrons. The number of anilines is 1. The number of aliphatic hydroxyl groups is 1. The Labute approximate surface area is 119 Å². The van der Waals surface area contributed by atoms with Crippen molar-refractivity contribution >= 4 is 23.5 Å². The molecule has 0 aliphatic rings. The highest BCUT2D eigenvalue weighted by molar-refractivity contribution is 7.99. The summed E-state index contributed by atoms with van der Waals surface area (Å²) in [7, 11) is 0. The fourth-order valence-corrected chi connectivity index (χ4v) is 2.16. The molecular formula is C14H22N2O2S. The van der Waals surface area contributed by atoms with Crippen molar-refractivity contribution in [1.29, 1.82) is 0 Å². The molecule has 0 aliphatic carbocycles. The van der Waals surface area contributed by atoms with Gasteiger partial charge in [0.25, 0.3) is 0 Å². The summed E-state index contributed by atoms with van der Waals surface area (Å²) in [5.74, 6) is 1.13. The number of hydrogen-bond donors (Lipinski definition) is 3. The van der Waals surface area contributed by atoms with Crippen LogP contribution in [0, 0.1) is 5.92 Å². The van der Waals surface area contributed by atoms with E-state index in [1.807, 2.05) is 38.1 Å². The first-order chi connectivity index (χ1) is 9.02. The summed E-state index contributed by atoms with van der Waals surface area (Å²) < 4.78 is 0. The van der Waals surface area contributed by atoms with E-state index in [0.717, 1.165) is 16.3 Å². The Morgan fingerprint density at radius 2 is 2.16 bits per heavy atom. The number of hydrogen-bond acceptors (Lipinski definition) is 3. The van der Waals surface area contributed by atoms with Gasteiger partial charge < -0.3 is 15.7 Å². The molecule has 106 valence electrons. The normalized spacial score (nSPS) is 12.3. The maximum Gasteiger partial charge on any atom is 0.319 e. The standard InChI is InChI=1S/C14H22N2O2S/c1-4-19-12-7-5-6-11(8-12)16-14(18)15-9-13(17)10(2)3/h5-8,10,13,17H,4,9H2,1-3H3,(H2,15,16,18)/t13-/m0/s1. The molecular weight excluding hydrogens is 260 g/mol. The third kappa shape index (κ3) is 5.98. The zero-order valence-electron chi connectivity index (χ0n) is 11.6. The molecule has 0 saturated carbocycles. The van der Waals surface area contributed by atoms with Gasteiger partial charge in [0.1, 0.15) is 0 Å². The van der Waals surface area contributed by atoms with E-state index >= 15 is 0 Å². The Bertz CT molecular complexity index is 410. The number of urea groups is 1. The molecule has 1 atom stereocenters. The van der Waals surface area contributed by atoms with Crippen LogP contribution in [0.15, 0.2) is 29.2 Å². The second kappa shape index (κ2) is 8.07. The van der Waals surface area contributed by atoms with Crippen LogP contribution in [0.2, 0.25) is 0 Å². The van der Waals surface area contributed by atoms with E-state index in [9.17, 15) is 9.90 Å². The summed E-state index contributed by atoms with van der Waals surface area (Å²) in [6.07, 6.45) is -0.521. The van der Waals surface area contributed by atoms with E-state index < -0.39 is 6.10 Å². The molecule has 0 spiro atoms. The van der Waals surface area contributed by atoms with Crippen LogP contribution in [-0.4, -0.2) is 29.5 Å². The van der Waals surface area contributed by atoms with Crippen LogP contribution in [0.3, 0.4) is 0 Å². The third-order valence-corrected chi connectivity index (χ3v) is 3.52. The number of thioether (sulfide) groups is 1. The minimum absolute atomic E-state index is 0.129. The number of carbonyl (C=O) groups excluding carboxylic acids is 1. The average molecular weight is 282 g/mol. The highest BCUT2D eigenvalue weighted by Gasteiger charge is 2.10. The van der Waals surface area contributed by atoms with Crippen molar-refractivity contribution in [2.75, 3.05) is 17.6 Å². The van der Waals surface area contributed by atoms with Gasteiger partial charge >= 0.3 is 6.03 Å². The van der Waals surface area contributed by atoms with E-state index in [-0.39, 0.29) is 18.5 Å². The minimum atomic E-state index is -0.521. The lowest BCUT2D eigenvalue weighted by molar-refractivity contribution is 0.126. The lowest BCUT2D eigenvalue weighted by Gasteiger charge is -2.15. The Kier molecular flexibility index (Phi) is 6.73. The maximum absolute atomic E-state index is 11.7. The number of carbonyl (C=O) groups is 1. The van der Waals surface area contributed by atoms with Crippen LogP contribution in [0.4, 0.5) is 10.5 Å². The van der Waals surface area contributed by atoms with Crippen LogP contribution in [0.5, 0.6) is 0 Å². The van der Waals surface area contributed by atoms with Crippen LogP contribution in [0.25, 0.3) is 0 Å². The van der Waals surface area contributed by atoms with E-state index in [1.54, 1.807) is 11.8 Å². The molecule has 5 heteroatoms. The lowest BCUT2D eigenvalue weighted by atomic mass is 10.1. The molecule has 0 fully saturated rings. The van der Waals surface area contributed by atoms with Crippen LogP contribution in [0.1, 0.15) is 20.8 Å². The zero-order chi connectivity index (χ0) is 14.3. The van der Waals surface area contributed by atoms with Gasteiger partial charge in [-0.2, -0.15) is 0 Å². The second-order valence-electron chi connectivity index (χ2n) is 4.61. The van der Waals surface area contributed by atoms with Crippen LogP contribution < -0.4 is 10.6 Å². The van der Waals surface area contributed by atoms with Gasteiger partial charge in [-0.3, -0.25) is 0 Å². The highest BCUT2D eigenvalue weighted by atomic mass is 32.2. The Morgan fingerprint density at radius 3 is 2.79 bits per heavy atom. The number of benzene rings is 1. The van der Waals surface area contributed by atoms with Gasteiger partial charge in [0.15, 0.2) is 0 Å². The molecule has 0 bridgehead atoms. The van der Waals surface area contributed by atoms with Crippen LogP contribution >= 0.6 is 11.8 Å². The first-order valence-corrected chi connectivity index (χ1v) is 7.47. The number of nitrogens with one attached hydrogen (secondary N) is 2. The largest absolute Gasteiger partial charge is 0.391 e. The molecule has 2 amide bonds. The Balaban J connectivity index is 2.45. The van der Waals surface area contributed by atoms with Gasteiger partial charge in [0, 0.05) is 17.1 Å². The molecule has 1 aromatic rings. The zero-order valence-corrected chi connectivity index (χ0v) is 12.5. The summed E-state index contributed by atoms with van der Waals surface area (Å²) in [6.45, 7) is 6.17. The maximum atomic E-state index is 11.7. The predicted octanol–water partition coefficient (Wildman–Crippen LogP) is 2.94. The Morgan fingerprint density at radius 1 is 1.42 bits per heavy atom. The monoisotopic (exact) mass is 282 g/mol. The molecule has 19 heavy (non-hydrogen) atoms. The molecule has 1 rings (SSSR count). The van der Waals surface area contributed by atoms with Crippen molar-refractivity contribution in [3.8, 4) is 0 Å². The SMILES string of the molecule is CCSc1cccc(NC(=O)NC[C@H](O)C(C)C)c1. The molecule has 1 aromatic carbocycles. The van der Waals surface area contributed by atoms with E-state index in [2.05, 4.69) is 17.6 Å². The smallest absolute Gasteiger partial charge is 0.319 e. The molecule has 0 aliphatic heterocycles. The highest BCUT2D eigenvalue weighted by Crippen LogP contribution is 2.20. The van der Waals surface area contributed by atoms with E-state index in [4.69, 9.17) is 0 Å². The summed E-state index contributed by atoms with van der Waals surface area (Å²) >= 11 is 1.73. The van der Waals surface area contributed by atoms with Crippen molar-refractivity contribution in [2.24, 2.45) is 5.92 Å². The molecule has 0 heterocycles. The number of rotatable bonds is 6. The van der Waals surface area contributed by atoms with Crippen molar-refractivity contribution in [1.82, 2.24) is 5.32 Å². The number of aliphatic hydroxyl groups excluding tert-OH is 1. The van der Waals surface area contributed by atoms with Crippen molar-refractivity contribution < 1.29 is 9.90 Å². The molecule has 0 saturated heterocycles. The summed E-state index contributed by atoms with van der Waals surface area (Å²) in [5.41, 5.74) is 0.759. The third-order valence-electron chi connectivity index (χ3n) is 2.64. The fraction of sp³-hybridized carbons (Fsp3) is 0.500. The van der Waals surface area contributed by atoms with Gasteiger partial charge in [-0.1, -0.05) is 26.8 Å². The average Bonchev–Trinajstić information content (AvgIpc) is 2.36. The molecule has 3 N–H and O–H groups in total. The van der Waals surface area contributed by atoms with Gasteiger partial charge in [-0.25, -0.2) is 4.79 Å². The molecule has 4 nitrogen and oxygen atoms in total. The summed E-state index contributed by atoms with van der Waals surface area (Å²) in [6, 6.07) is 7.42. The minimum Gasteiger partial charge on any atom is -0.391 e. The predicted molar refractivity (Wildman–Crippen MR) is 80.7 cm³/mol. The Hall–Kier alpha value is -1.20. The van der Waals surface area contributed by atoms with Gasteiger partial charge in [0.2, 0.25) is 0 Å². The molecule has 0 aromatic heterocycles. The van der Waals surface area contributed by atoms with Gasteiger partial charge in [-0.05, 0) is 29.9 Å².